The predicted octanol–water partition coefficient (Wildman–Crippen LogP) is 1.72. The van der Waals surface area contributed by atoms with Crippen molar-refractivity contribution < 1.29 is 13.2 Å². The SMILES string of the molecule is NNCc1cc(C(F)(F)F)cnc1Cl. The van der Waals surface area contributed by atoms with Crippen LogP contribution in [0.2, 0.25) is 5.15 Å². The lowest BCUT2D eigenvalue weighted by atomic mass is 10.2. The average Bonchev–Trinajstić information content (AvgIpc) is 2.07. The molecule has 14 heavy (non-hydrogen) atoms. The Labute approximate surface area is 83.0 Å². The van der Waals surface area contributed by atoms with E-state index in [0.717, 1.165) is 6.07 Å². The number of rotatable bonds is 2. The zero-order chi connectivity index (χ0) is 10.8. The van der Waals surface area contributed by atoms with Crippen molar-refractivity contribution in [2.45, 2.75) is 12.7 Å². The van der Waals surface area contributed by atoms with Gasteiger partial charge in [-0.25, -0.2) is 4.98 Å². The third kappa shape index (κ3) is 2.57. The fraction of sp³-hybridized carbons (Fsp3) is 0.286. The number of halogens is 4. The molecule has 3 N–H and O–H groups in total. The Bertz CT molecular complexity index is 326. The van der Waals surface area contributed by atoms with E-state index in [1.54, 1.807) is 0 Å². The van der Waals surface area contributed by atoms with Crippen LogP contribution in [-0.2, 0) is 12.7 Å². The first-order valence-electron chi connectivity index (χ1n) is 3.60. The summed E-state index contributed by atoms with van der Waals surface area (Å²) in [5.74, 6) is 4.97. The zero-order valence-electron chi connectivity index (χ0n) is 6.90. The van der Waals surface area contributed by atoms with E-state index in [0.29, 0.717) is 6.20 Å². The molecule has 1 rings (SSSR count). The van der Waals surface area contributed by atoms with E-state index in [1.165, 1.54) is 0 Å². The lowest BCUT2D eigenvalue weighted by molar-refractivity contribution is -0.137. The van der Waals surface area contributed by atoms with Gasteiger partial charge < -0.3 is 0 Å². The third-order valence-electron chi connectivity index (χ3n) is 1.53. The van der Waals surface area contributed by atoms with Gasteiger partial charge in [0.05, 0.1) is 5.56 Å². The Morgan fingerprint density at radius 1 is 1.50 bits per heavy atom. The number of alkyl halides is 3. The molecule has 7 heteroatoms. The van der Waals surface area contributed by atoms with Gasteiger partial charge in [0.25, 0.3) is 0 Å². The van der Waals surface area contributed by atoms with Crippen LogP contribution in [0.15, 0.2) is 12.3 Å². The van der Waals surface area contributed by atoms with E-state index in [2.05, 4.69) is 10.4 Å². The molecule has 0 aliphatic rings. The molecule has 0 amide bonds. The Kier molecular flexibility index (Phi) is 3.30. The third-order valence-corrected chi connectivity index (χ3v) is 1.87. The van der Waals surface area contributed by atoms with Gasteiger partial charge in [0, 0.05) is 18.3 Å². The minimum absolute atomic E-state index is 0.0101. The second kappa shape index (κ2) is 4.12. The summed E-state index contributed by atoms with van der Waals surface area (Å²) in [5, 5.41) is 0.0101. The topological polar surface area (TPSA) is 50.9 Å². The maximum Gasteiger partial charge on any atom is 0.417 e. The van der Waals surface area contributed by atoms with Crippen LogP contribution in [0.5, 0.6) is 0 Å². The number of hydrogen-bond donors (Lipinski definition) is 2. The van der Waals surface area contributed by atoms with Crippen molar-refractivity contribution in [3.05, 3.63) is 28.5 Å². The molecule has 0 radical (unpaired) electrons. The molecule has 1 heterocycles. The Hall–Kier alpha value is -0.850. The maximum absolute atomic E-state index is 12.2. The molecule has 0 aromatic carbocycles. The number of pyridine rings is 1. The van der Waals surface area contributed by atoms with Gasteiger partial charge in [-0.05, 0) is 6.07 Å². The van der Waals surface area contributed by atoms with Gasteiger partial charge in [-0.1, -0.05) is 11.6 Å². The second-order valence-corrected chi connectivity index (χ2v) is 2.91. The highest BCUT2D eigenvalue weighted by Gasteiger charge is 2.31. The van der Waals surface area contributed by atoms with Gasteiger partial charge >= 0.3 is 6.18 Å². The fourth-order valence-electron chi connectivity index (χ4n) is 0.883. The Morgan fingerprint density at radius 2 is 2.14 bits per heavy atom. The number of hydrogen-bond acceptors (Lipinski definition) is 3. The minimum Gasteiger partial charge on any atom is -0.271 e. The highest BCUT2D eigenvalue weighted by atomic mass is 35.5. The first-order chi connectivity index (χ1) is 6.45. The first-order valence-corrected chi connectivity index (χ1v) is 3.98. The highest BCUT2D eigenvalue weighted by molar-refractivity contribution is 6.30. The second-order valence-electron chi connectivity index (χ2n) is 2.55. The molecule has 0 fully saturated rings. The van der Waals surface area contributed by atoms with E-state index in [4.69, 9.17) is 17.4 Å². The number of aromatic nitrogens is 1. The molecule has 0 saturated carbocycles. The fourth-order valence-corrected chi connectivity index (χ4v) is 1.05. The quantitative estimate of drug-likeness (QED) is 0.458. The average molecular weight is 226 g/mol. The molecule has 0 aliphatic heterocycles. The van der Waals surface area contributed by atoms with Crippen LogP contribution in [0.25, 0.3) is 0 Å². The lowest BCUT2D eigenvalue weighted by Crippen LogP contribution is -2.21. The molecule has 0 unspecified atom stereocenters. The van der Waals surface area contributed by atoms with E-state index >= 15 is 0 Å². The molecule has 3 nitrogen and oxygen atoms in total. The largest absolute Gasteiger partial charge is 0.417 e. The van der Waals surface area contributed by atoms with Crippen LogP contribution < -0.4 is 11.3 Å². The van der Waals surface area contributed by atoms with Crippen molar-refractivity contribution in [3.8, 4) is 0 Å². The van der Waals surface area contributed by atoms with Crippen LogP contribution in [0.4, 0.5) is 13.2 Å². The highest BCUT2D eigenvalue weighted by Crippen LogP contribution is 2.30. The molecule has 78 valence electrons. The molecular weight excluding hydrogens is 219 g/mol. The summed E-state index contributed by atoms with van der Waals surface area (Å²) < 4.78 is 36.6. The lowest BCUT2D eigenvalue weighted by Gasteiger charge is -2.08. The van der Waals surface area contributed by atoms with Crippen molar-refractivity contribution in [2.75, 3.05) is 0 Å². The summed E-state index contributed by atoms with van der Waals surface area (Å²) >= 11 is 5.55. The van der Waals surface area contributed by atoms with Gasteiger partial charge in [-0.3, -0.25) is 11.3 Å². The van der Waals surface area contributed by atoms with Crippen molar-refractivity contribution in [2.24, 2.45) is 5.84 Å². The number of nitrogens with zero attached hydrogens (tertiary/aromatic N) is 1. The molecule has 1 aromatic heterocycles. The molecule has 0 saturated heterocycles. The van der Waals surface area contributed by atoms with Crippen LogP contribution >= 0.6 is 11.6 Å². The predicted molar refractivity (Wildman–Crippen MR) is 45.3 cm³/mol. The summed E-state index contributed by atoms with van der Waals surface area (Å²) in [6.07, 6.45) is -3.73. The van der Waals surface area contributed by atoms with Crippen molar-refractivity contribution in [3.63, 3.8) is 0 Å². The van der Waals surface area contributed by atoms with Gasteiger partial charge in [0.15, 0.2) is 0 Å². The summed E-state index contributed by atoms with van der Waals surface area (Å²) in [4.78, 5) is 3.41. The zero-order valence-corrected chi connectivity index (χ0v) is 7.65. The van der Waals surface area contributed by atoms with Gasteiger partial charge in [0.1, 0.15) is 5.15 Å². The standard InChI is InChI=1S/C7H7ClF3N3/c8-6-4(2-14-12)1-5(3-13-6)7(9,10)11/h1,3,14H,2,12H2. The van der Waals surface area contributed by atoms with E-state index in [-0.39, 0.29) is 17.3 Å². The van der Waals surface area contributed by atoms with Crippen molar-refractivity contribution in [1.82, 2.24) is 10.4 Å². The van der Waals surface area contributed by atoms with E-state index < -0.39 is 11.7 Å². The molecule has 0 aliphatic carbocycles. The summed E-state index contributed by atoms with van der Waals surface area (Å²) in [5.41, 5.74) is 1.58. The molecule has 0 bridgehead atoms. The monoisotopic (exact) mass is 225 g/mol. The van der Waals surface area contributed by atoms with Gasteiger partial charge in [0.2, 0.25) is 0 Å². The number of nitrogens with one attached hydrogen (secondary N) is 1. The molecular formula is C7H7ClF3N3. The van der Waals surface area contributed by atoms with E-state index in [9.17, 15) is 13.2 Å². The Balaban J connectivity index is 3.06. The van der Waals surface area contributed by atoms with Crippen LogP contribution in [-0.4, -0.2) is 4.98 Å². The van der Waals surface area contributed by atoms with Crippen LogP contribution in [0.3, 0.4) is 0 Å². The summed E-state index contributed by atoms with van der Waals surface area (Å²) in [7, 11) is 0. The maximum atomic E-state index is 12.2. The molecule has 0 atom stereocenters. The van der Waals surface area contributed by atoms with Crippen LogP contribution in [0.1, 0.15) is 11.1 Å². The number of nitrogens with two attached hydrogens (primary N) is 1. The first kappa shape index (κ1) is 11.2. The van der Waals surface area contributed by atoms with Gasteiger partial charge in [-0.15, -0.1) is 0 Å². The molecule has 0 spiro atoms. The van der Waals surface area contributed by atoms with Crippen LogP contribution in [0, 0.1) is 0 Å². The minimum atomic E-state index is -4.42. The van der Waals surface area contributed by atoms with E-state index in [1.807, 2.05) is 0 Å². The molecule has 1 aromatic rings. The smallest absolute Gasteiger partial charge is 0.271 e. The Morgan fingerprint density at radius 3 is 2.64 bits per heavy atom. The number of hydrazine groups is 1. The normalized spacial score (nSPS) is 11.8. The summed E-state index contributed by atoms with van der Waals surface area (Å²) in [6, 6.07) is 0.912. The van der Waals surface area contributed by atoms with Crippen molar-refractivity contribution in [1.29, 1.82) is 0 Å². The summed E-state index contributed by atoms with van der Waals surface area (Å²) in [6.45, 7) is 0.0375. The van der Waals surface area contributed by atoms with Gasteiger partial charge in [-0.2, -0.15) is 13.2 Å². The van der Waals surface area contributed by atoms with Crippen molar-refractivity contribution >= 4 is 11.6 Å².